The molecule has 0 aromatic carbocycles. The number of nitrogens with one attached hydrogen (secondary N) is 1. The molecule has 0 amide bonds. The Morgan fingerprint density at radius 3 is 2.76 bits per heavy atom. The summed E-state index contributed by atoms with van der Waals surface area (Å²) in [6.07, 6.45) is 6.43. The number of hydrogen-bond donors (Lipinski definition) is 1. The van der Waals surface area contributed by atoms with Gasteiger partial charge >= 0.3 is 0 Å². The van der Waals surface area contributed by atoms with Crippen LogP contribution in [0.2, 0.25) is 0 Å². The summed E-state index contributed by atoms with van der Waals surface area (Å²) in [6.45, 7) is 8.00. The first-order valence-electron chi connectivity index (χ1n) is 6.05. The van der Waals surface area contributed by atoms with Crippen LogP contribution in [-0.4, -0.2) is 31.3 Å². The first-order valence-corrected chi connectivity index (χ1v) is 7.67. The highest BCUT2D eigenvalue weighted by Gasteiger charge is 2.08. The van der Waals surface area contributed by atoms with Gasteiger partial charge in [-0.05, 0) is 6.42 Å². The van der Waals surface area contributed by atoms with Crippen molar-refractivity contribution in [2.24, 2.45) is 0 Å². The van der Waals surface area contributed by atoms with Gasteiger partial charge in [0.15, 0.2) is 0 Å². The standard InChI is InChI=1S/C12H23N3OS/c1-10(2)14-8-12-7-13-9-15(12)6-5-11(3)17(4)16/h7,9-11,14H,5-6,8H2,1-4H3. The van der Waals surface area contributed by atoms with Gasteiger partial charge in [0.1, 0.15) is 0 Å². The quantitative estimate of drug-likeness (QED) is 0.806. The van der Waals surface area contributed by atoms with Crippen LogP contribution in [0.5, 0.6) is 0 Å². The van der Waals surface area contributed by atoms with Crippen molar-refractivity contribution < 1.29 is 4.21 Å². The lowest BCUT2D eigenvalue weighted by molar-refractivity contribution is 0.543. The molecule has 1 aromatic rings. The van der Waals surface area contributed by atoms with E-state index < -0.39 is 10.8 Å². The molecule has 0 fully saturated rings. The van der Waals surface area contributed by atoms with Crippen molar-refractivity contribution in [3.63, 3.8) is 0 Å². The third-order valence-corrected chi connectivity index (χ3v) is 4.20. The molecule has 0 bridgehead atoms. The number of aryl methyl sites for hydroxylation is 1. The monoisotopic (exact) mass is 257 g/mol. The summed E-state index contributed by atoms with van der Waals surface area (Å²) in [6, 6.07) is 0.473. The van der Waals surface area contributed by atoms with Crippen molar-refractivity contribution in [2.45, 2.75) is 51.6 Å². The molecular weight excluding hydrogens is 234 g/mol. The summed E-state index contributed by atoms with van der Waals surface area (Å²) >= 11 is 0. The lowest BCUT2D eigenvalue weighted by atomic mass is 10.3. The zero-order chi connectivity index (χ0) is 12.8. The summed E-state index contributed by atoms with van der Waals surface area (Å²) in [5.74, 6) is 0. The number of hydrogen-bond acceptors (Lipinski definition) is 3. The van der Waals surface area contributed by atoms with Crippen molar-refractivity contribution in [3.8, 4) is 0 Å². The Morgan fingerprint density at radius 2 is 2.18 bits per heavy atom. The van der Waals surface area contributed by atoms with Crippen LogP contribution in [0, 0.1) is 0 Å². The smallest absolute Gasteiger partial charge is 0.0948 e. The molecule has 0 saturated heterocycles. The zero-order valence-corrected chi connectivity index (χ0v) is 12.0. The first-order chi connectivity index (χ1) is 8.00. The van der Waals surface area contributed by atoms with Crippen molar-refractivity contribution in [2.75, 3.05) is 6.26 Å². The van der Waals surface area contributed by atoms with E-state index in [1.807, 2.05) is 19.4 Å². The van der Waals surface area contributed by atoms with Crippen LogP contribution < -0.4 is 5.32 Å². The van der Waals surface area contributed by atoms with Crippen molar-refractivity contribution in [1.29, 1.82) is 0 Å². The molecule has 98 valence electrons. The van der Waals surface area contributed by atoms with Gasteiger partial charge in [0, 0.05) is 47.6 Å². The fourth-order valence-electron chi connectivity index (χ4n) is 1.49. The summed E-state index contributed by atoms with van der Waals surface area (Å²) in [5.41, 5.74) is 1.19. The van der Waals surface area contributed by atoms with Crippen LogP contribution >= 0.6 is 0 Å². The molecule has 0 radical (unpaired) electrons. The van der Waals surface area contributed by atoms with Gasteiger partial charge in [-0.3, -0.25) is 4.21 Å². The van der Waals surface area contributed by atoms with Crippen LogP contribution in [0.25, 0.3) is 0 Å². The molecule has 1 N–H and O–H groups in total. The first kappa shape index (κ1) is 14.4. The zero-order valence-electron chi connectivity index (χ0n) is 11.1. The van der Waals surface area contributed by atoms with Gasteiger partial charge in [0.2, 0.25) is 0 Å². The predicted molar refractivity (Wildman–Crippen MR) is 72.3 cm³/mol. The average molecular weight is 257 g/mol. The van der Waals surface area contributed by atoms with Gasteiger partial charge in [-0.2, -0.15) is 0 Å². The molecule has 0 aliphatic carbocycles. The maximum atomic E-state index is 11.3. The molecule has 2 atom stereocenters. The van der Waals surface area contributed by atoms with Gasteiger partial charge in [-0.15, -0.1) is 0 Å². The minimum Gasteiger partial charge on any atom is -0.333 e. The van der Waals surface area contributed by atoms with Gasteiger partial charge in [0.05, 0.1) is 12.0 Å². The molecule has 17 heavy (non-hydrogen) atoms. The molecular formula is C12H23N3OS. The van der Waals surface area contributed by atoms with E-state index in [0.29, 0.717) is 6.04 Å². The van der Waals surface area contributed by atoms with E-state index in [9.17, 15) is 4.21 Å². The number of nitrogens with zero attached hydrogens (tertiary/aromatic N) is 2. The second-order valence-corrected chi connectivity index (χ2v) is 6.51. The second kappa shape index (κ2) is 6.91. The SMILES string of the molecule is CC(C)NCc1cncn1CCC(C)S(C)=O. The molecule has 0 saturated carbocycles. The largest absolute Gasteiger partial charge is 0.333 e. The van der Waals surface area contributed by atoms with Gasteiger partial charge in [-0.1, -0.05) is 20.8 Å². The molecule has 1 rings (SSSR count). The summed E-state index contributed by atoms with van der Waals surface area (Å²) in [4.78, 5) is 4.17. The van der Waals surface area contributed by atoms with Crippen molar-refractivity contribution >= 4 is 10.8 Å². The Balaban J connectivity index is 2.48. The van der Waals surface area contributed by atoms with Crippen LogP contribution in [-0.2, 0) is 23.9 Å². The van der Waals surface area contributed by atoms with E-state index in [1.54, 1.807) is 6.26 Å². The van der Waals surface area contributed by atoms with E-state index in [-0.39, 0.29) is 5.25 Å². The van der Waals surface area contributed by atoms with E-state index in [0.717, 1.165) is 19.5 Å². The van der Waals surface area contributed by atoms with Crippen LogP contribution in [0.15, 0.2) is 12.5 Å². The van der Waals surface area contributed by atoms with E-state index in [4.69, 9.17) is 0 Å². The molecule has 0 aliphatic rings. The number of rotatable bonds is 7. The minimum atomic E-state index is -0.739. The predicted octanol–water partition coefficient (Wildman–Crippen LogP) is 1.54. The normalized spacial score (nSPS) is 15.1. The summed E-state index contributed by atoms with van der Waals surface area (Å²) < 4.78 is 13.4. The molecule has 2 unspecified atom stereocenters. The van der Waals surface area contributed by atoms with Crippen molar-refractivity contribution in [3.05, 3.63) is 18.2 Å². The highest BCUT2D eigenvalue weighted by molar-refractivity contribution is 7.84. The highest BCUT2D eigenvalue weighted by atomic mass is 32.2. The highest BCUT2D eigenvalue weighted by Crippen LogP contribution is 2.06. The summed E-state index contributed by atoms with van der Waals surface area (Å²) in [5, 5.41) is 3.62. The second-order valence-electron chi connectivity index (χ2n) is 4.71. The molecule has 1 heterocycles. The van der Waals surface area contributed by atoms with Crippen LogP contribution in [0.4, 0.5) is 0 Å². The molecule has 0 spiro atoms. The van der Waals surface area contributed by atoms with Gasteiger partial charge < -0.3 is 9.88 Å². The average Bonchev–Trinajstić information content (AvgIpc) is 2.70. The van der Waals surface area contributed by atoms with E-state index >= 15 is 0 Å². The molecule has 1 aromatic heterocycles. The maximum Gasteiger partial charge on any atom is 0.0948 e. The third-order valence-electron chi connectivity index (χ3n) is 2.83. The lowest BCUT2D eigenvalue weighted by Gasteiger charge is -2.13. The lowest BCUT2D eigenvalue weighted by Crippen LogP contribution is -2.23. The Hall–Kier alpha value is -0.680. The topological polar surface area (TPSA) is 46.9 Å². The Morgan fingerprint density at radius 1 is 1.47 bits per heavy atom. The van der Waals surface area contributed by atoms with Crippen molar-refractivity contribution in [1.82, 2.24) is 14.9 Å². The van der Waals surface area contributed by atoms with E-state index in [2.05, 4.69) is 28.7 Å². The van der Waals surface area contributed by atoms with Gasteiger partial charge in [0.25, 0.3) is 0 Å². The van der Waals surface area contributed by atoms with Gasteiger partial charge in [-0.25, -0.2) is 4.98 Å². The minimum absolute atomic E-state index is 0.239. The number of imidazole rings is 1. The Bertz CT molecular complexity index is 362. The fraction of sp³-hybridized carbons (Fsp3) is 0.750. The maximum absolute atomic E-state index is 11.3. The Kier molecular flexibility index (Phi) is 5.85. The van der Waals surface area contributed by atoms with Crippen LogP contribution in [0.3, 0.4) is 0 Å². The Labute approximate surface area is 106 Å². The fourth-order valence-corrected chi connectivity index (χ4v) is 1.93. The number of aromatic nitrogens is 2. The molecule has 5 heteroatoms. The summed E-state index contributed by atoms with van der Waals surface area (Å²) in [7, 11) is -0.739. The molecule has 0 aliphatic heterocycles. The van der Waals surface area contributed by atoms with Crippen LogP contribution in [0.1, 0.15) is 32.9 Å². The van der Waals surface area contributed by atoms with E-state index in [1.165, 1.54) is 5.69 Å². The third kappa shape index (κ3) is 5.00. The molecule has 4 nitrogen and oxygen atoms in total.